The minimum absolute atomic E-state index is 0.0908. The van der Waals surface area contributed by atoms with Gasteiger partial charge < -0.3 is 15.0 Å². The summed E-state index contributed by atoms with van der Waals surface area (Å²) < 4.78 is 4.98. The second kappa shape index (κ2) is 8.26. The number of nitrogens with zero attached hydrogens (tertiary/aromatic N) is 4. The number of anilines is 2. The van der Waals surface area contributed by atoms with Gasteiger partial charge >= 0.3 is 5.69 Å². The maximum absolute atomic E-state index is 11.0. The number of ether oxygens (including phenoxy) is 1. The molecule has 8 nitrogen and oxygen atoms in total. The van der Waals surface area contributed by atoms with Crippen LogP contribution in [0.3, 0.4) is 0 Å². The van der Waals surface area contributed by atoms with Crippen molar-refractivity contribution in [3.05, 3.63) is 16.3 Å². The summed E-state index contributed by atoms with van der Waals surface area (Å²) >= 11 is 0. The summed E-state index contributed by atoms with van der Waals surface area (Å²) in [6.07, 6.45) is 2.94. The summed E-state index contributed by atoms with van der Waals surface area (Å²) in [5.41, 5.74) is -0.0908. The molecule has 0 fully saturated rings. The first kappa shape index (κ1) is 16.1. The number of methoxy groups -OCH3 is 1. The first-order chi connectivity index (χ1) is 9.60. The van der Waals surface area contributed by atoms with Gasteiger partial charge in [-0.05, 0) is 12.8 Å². The summed E-state index contributed by atoms with van der Waals surface area (Å²) in [5.74, 6) is 0.728. The molecule has 0 saturated carbocycles. The van der Waals surface area contributed by atoms with Crippen molar-refractivity contribution in [2.45, 2.75) is 19.8 Å². The zero-order valence-corrected chi connectivity index (χ0v) is 12.1. The van der Waals surface area contributed by atoms with Crippen molar-refractivity contribution in [1.82, 2.24) is 9.97 Å². The molecule has 0 bridgehead atoms. The molecule has 1 aromatic heterocycles. The van der Waals surface area contributed by atoms with Crippen molar-refractivity contribution >= 4 is 17.5 Å². The molecule has 0 aliphatic heterocycles. The van der Waals surface area contributed by atoms with E-state index in [4.69, 9.17) is 4.74 Å². The summed E-state index contributed by atoms with van der Waals surface area (Å²) in [6.45, 7) is 3.98. The van der Waals surface area contributed by atoms with Crippen LogP contribution >= 0.6 is 0 Å². The van der Waals surface area contributed by atoms with Crippen molar-refractivity contribution in [2.24, 2.45) is 0 Å². The van der Waals surface area contributed by atoms with Gasteiger partial charge in [-0.1, -0.05) is 6.92 Å². The molecule has 112 valence electrons. The van der Waals surface area contributed by atoms with Crippen LogP contribution in [0.1, 0.15) is 19.8 Å². The van der Waals surface area contributed by atoms with Crippen LogP contribution in [0.15, 0.2) is 6.20 Å². The Morgan fingerprint density at radius 2 is 2.30 bits per heavy atom. The van der Waals surface area contributed by atoms with Crippen molar-refractivity contribution in [1.29, 1.82) is 0 Å². The fourth-order valence-electron chi connectivity index (χ4n) is 1.65. The number of rotatable bonds is 9. The first-order valence-electron chi connectivity index (χ1n) is 6.55. The van der Waals surface area contributed by atoms with Crippen LogP contribution in [-0.4, -0.2) is 48.7 Å². The van der Waals surface area contributed by atoms with Crippen LogP contribution in [0.25, 0.3) is 0 Å². The summed E-state index contributed by atoms with van der Waals surface area (Å²) in [7, 11) is 3.40. The standard InChI is InChI=1S/C12H21N5O3/c1-4-6-13-12-14-9-10(17(18)19)11(15-12)16(2)7-5-8-20-3/h9H,4-8H2,1-3H3,(H,13,14,15). The average molecular weight is 283 g/mol. The smallest absolute Gasteiger partial charge is 0.329 e. The van der Waals surface area contributed by atoms with Gasteiger partial charge in [-0.2, -0.15) is 4.98 Å². The Morgan fingerprint density at radius 3 is 2.90 bits per heavy atom. The fraction of sp³-hybridized carbons (Fsp3) is 0.667. The molecule has 0 unspecified atom stereocenters. The molecule has 0 saturated heterocycles. The second-order valence-corrected chi connectivity index (χ2v) is 4.35. The Kier molecular flexibility index (Phi) is 6.65. The Balaban J connectivity index is 2.89. The zero-order chi connectivity index (χ0) is 15.0. The molecule has 0 amide bonds. The normalized spacial score (nSPS) is 10.3. The molecule has 0 aromatic carbocycles. The van der Waals surface area contributed by atoms with E-state index < -0.39 is 4.92 Å². The molecule has 1 aromatic rings. The molecule has 20 heavy (non-hydrogen) atoms. The lowest BCUT2D eigenvalue weighted by Crippen LogP contribution is -2.22. The van der Waals surface area contributed by atoms with E-state index in [0.29, 0.717) is 24.9 Å². The van der Waals surface area contributed by atoms with Crippen molar-refractivity contribution in [3.63, 3.8) is 0 Å². The molecule has 1 rings (SSSR count). The van der Waals surface area contributed by atoms with E-state index in [9.17, 15) is 10.1 Å². The van der Waals surface area contributed by atoms with E-state index in [1.165, 1.54) is 6.20 Å². The van der Waals surface area contributed by atoms with Gasteiger partial charge in [0.25, 0.3) is 0 Å². The minimum atomic E-state index is -0.467. The molecule has 0 aliphatic rings. The fourth-order valence-corrected chi connectivity index (χ4v) is 1.65. The third-order valence-corrected chi connectivity index (χ3v) is 2.68. The van der Waals surface area contributed by atoms with Crippen LogP contribution in [0.4, 0.5) is 17.5 Å². The van der Waals surface area contributed by atoms with E-state index >= 15 is 0 Å². The molecule has 0 radical (unpaired) electrons. The van der Waals surface area contributed by atoms with E-state index in [1.54, 1.807) is 19.1 Å². The minimum Gasteiger partial charge on any atom is -0.385 e. The van der Waals surface area contributed by atoms with E-state index in [0.717, 1.165) is 19.4 Å². The summed E-state index contributed by atoms with van der Waals surface area (Å²) in [4.78, 5) is 20.5. The lowest BCUT2D eigenvalue weighted by Gasteiger charge is -2.18. The van der Waals surface area contributed by atoms with Crippen molar-refractivity contribution in [2.75, 3.05) is 44.1 Å². The van der Waals surface area contributed by atoms with Crippen LogP contribution in [0.5, 0.6) is 0 Å². The number of hydrogen-bond donors (Lipinski definition) is 1. The van der Waals surface area contributed by atoms with Crippen molar-refractivity contribution in [3.8, 4) is 0 Å². The largest absolute Gasteiger partial charge is 0.385 e. The molecule has 0 spiro atoms. The van der Waals surface area contributed by atoms with E-state index in [2.05, 4.69) is 15.3 Å². The Hall–Kier alpha value is -1.96. The Labute approximate surface area is 118 Å². The highest BCUT2D eigenvalue weighted by molar-refractivity contribution is 5.58. The molecule has 8 heteroatoms. The van der Waals surface area contributed by atoms with Gasteiger partial charge in [-0.3, -0.25) is 10.1 Å². The second-order valence-electron chi connectivity index (χ2n) is 4.35. The first-order valence-corrected chi connectivity index (χ1v) is 6.55. The number of hydrogen-bond acceptors (Lipinski definition) is 7. The van der Waals surface area contributed by atoms with Gasteiger partial charge in [0.15, 0.2) is 0 Å². The molecular formula is C12H21N5O3. The average Bonchev–Trinajstić information content (AvgIpc) is 2.44. The third kappa shape index (κ3) is 4.61. The number of aromatic nitrogens is 2. The Bertz CT molecular complexity index is 441. The van der Waals surface area contributed by atoms with Crippen LogP contribution in [0, 0.1) is 10.1 Å². The van der Waals surface area contributed by atoms with Crippen LogP contribution in [0.2, 0.25) is 0 Å². The molecule has 0 atom stereocenters. The molecule has 1 N–H and O–H groups in total. The third-order valence-electron chi connectivity index (χ3n) is 2.68. The lowest BCUT2D eigenvalue weighted by molar-refractivity contribution is -0.384. The molecular weight excluding hydrogens is 262 g/mol. The highest BCUT2D eigenvalue weighted by atomic mass is 16.6. The molecule has 1 heterocycles. The van der Waals surface area contributed by atoms with Crippen LogP contribution < -0.4 is 10.2 Å². The van der Waals surface area contributed by atoms with E-state index in [1.807, 2.05) is 6.92 Å². The topological polar surface area (TPSA) is 93.4 Å². The molecule has 0 aliphatic carbocycles. The monoisotopic (exact) mass is 283 g/mol. The summed E-state index contributed by atoms with van der Waals surface area (Å²) in [6, 6.07) is 0. The van der Waals surface area contributed by atoms with Gasteiger partial charge in [0.2, 0.25) is 11.8 Å². The van der Waals surface area contributed by atoms with Crippen LogP contribution in [-0.2, 0) is 4.74 Å². The number of nitro groups is 1. The predicted molar refractivity (Wildman–Crippen MR) is 77.2 cm³/mol. The SMILES string of the molecule is CCCNc1ncc([N+](=O)[O-])c(N(C)CCCOC)n1. The quantitative estimate of drug-likeness (QED) is 0.418. The highest BCUT2D eigenvalue weighted by Crippen LogP contribution is 2.25. The number of nitrogens with one attached hydrogen (secondary N) is 1. The zero-order valence-electron chi connectivity index (χ0n) is 12.1. The summed E-state index contributed by atoms with van der Waals surface area (Å²) in [5, 5.41) is 14.1. The Morgan fingerprint density at radius 1 is 1.55 bits per heavy atom. The lowest BCUT2D eigenvalue weighted by atomic mass is 10.3. The van der Waals surface area contributed by atoms with E-state index in [-0.39, 0.29) is 5.69 Å². The predicted octanol–water partition coefficient (Wildman–Crippen LogP) is 1.68. The van der Waals surface area contributed by atoms with Crippen molar-refractivity contribution < 1.29 is 9.66 Å². The highest BCUT2D eigenvalue weighted by Gasteiger charge is 2.20. The maximum atomic E-state index is 11.0. The van der Waals surface area contributed by atoms with Gasteiger partial charge in [-0.25, -0.2) is 4.98 Å². The van der Waals surface area contributed by atoms with Gasteiger partial charge in [0.1, 0.15) is 6.20 Å². The van der Waals surface area contributed by atoms with Gasteiger partial charge in [0.05, 0.1) is 4.92 Å². The maximum Gasteiger partial charge on any atom is 0.329 e. The van der Waals surface area contributed by atoms with Gasteiger partial charge in [0, 0.05) is 33.9 Å². The van der Waals surface area contributed by atoms with Gasteiger partial charge in [-0.15, -0.1) is 0 Å².